The van der Waals surface area contributed by atoms with Crippen LogP contribution in [0.2, 0.25) is 0 Å². The minimum Gasteiger partial charge on any atom is -0.321 e. The van der Waals surface area contributed by atoms with Gasteiger partial charge in [-0.2, -0.15) is 4.31 Å². The Morgan fingerprint density at radius 1 is 1.07 bits per heavy atom. The van der Waals surface area contributed by atoms with Crippen molar-refractivity contribution in [2.24, 2.45) is 11.8 Å². The molecule has 2 atom stereocenters. The number of sulfonamides is 1. The topological polar surface area (TPSA) is 66.5 Å². The van der Waals surface area contributed by atoms with Crippen molar-refractivity contribution >= 4 is 21.6 Å². The highest BCUT2D eigenvalue weighted by molar-refractivity contribution is 7.89. The van der Waals surface area contributed by atoms with E-state index < -0.39 is 10.0 Å². The number of piperidine rings is 1. The van der Waals surface area contributed by atoms with Crippen LogP contribution in [0.1, 0.15) is 48.7 Å². The summed E-state index contributed by atoms with van der Waals surface area (Å²) in [5.41, 5.74) is 3.35. The highest BCUT2D eigenvalue weighted by Gasteiger charge is 2.31. The van der Waals surface area contributed by atoms with Crippen LogP contribution < -0.4 is 5.32 Å². The molecular weight excluding hydrogens is 384 g/mol. The molecule has 1 aliphatic rings. The molecule has 1 fully saturated rings. The molecule has 0 bridgehead atoms. The zero-order valence-electron chi connectivity index (χ0n) is 17.6. The molecule has 1 N–H and O–H groups in total. The van der Waals surface area contributed by atoms with E-state index in [2.05, 4.69) is 19.2 Å². The second-order valence-electron chi connectivity index (χ2n) is 8.21. The highest BCUT2D eigenvalue weighted by Crippen LogP contribution is 2.27. The zero-order chi connectivity index (χ0) is 21.2. The van der Waals surface area contributed by atoms with Crippen molar-refractivity contribution in [2.45, 2.75) is 45.4 Å². The van der Waals surface area contributed by atoms with Gasteiger partial charge in [0.2, 0.25) is 10.0 Å². The Balaban J connectivity index is 1.79. The first kappa shape index (κ1) is 21.5. The van der Waals surface area contributed by atoms with Gasteiger partial charge in [0.1, 0.15) is 0 Å². The fraction of sp³-hybridized carbons (Fsp3) is 0.435. The van der Waals surface area contributed by atoms with E-state index >= 15 is 0 Å². The largest absolute Gasteiger partial charge is 0.321 e. The molecule has 5 nitrogen and oxygen atoms in total. The lowest BCUT2D eigenvalue weighted by molar-refractivity contribution is 0.102. The first-order valence-electron chi connectivity index (χ1n) is 10.2. The first-order chi connectivity index (χ1) is 13.7. The Morgan fingerprint density at radius 2 is 1.69 bits per heavy atom. The van der Waals surface area contributed by atoms with Crippen LogP contribution in [-0.2, 0) is 16.4 Å². The molecule has 0 aromatic heterocycles. The second kappa shape index (κ2) is 8.67. The fourth-order valence-electron chi connectivity index (χ4n) is 4.12. The molecular formula is C23H30N2O3S. The summed E-state index contributed by atoms with van der Waals surface area (Å²) in [6.45, 7) is 9.27. The molecule has 3 rings (SSSR count). The fourth-order valence-corrected chi connectivity index (χ4v) is 5.80. The van der Waals surface area contributed by atoms with E-state index in [1.807, 2.05) is 32.0 Å². The summed E-state index contributed by atoms with van der Waals surface area (Å²) in [5, 5.41) is 2.98. The molecule has 0 unspecified atom stereocenters. The van der Waals surface area contributed by atoms with Crippen molar-refractivity contribution in [1.29, 1.82) is 0 Å². The van der Waals surface area contributed by atoms with Gasteiger partial charge in [0.15, 0.2) is 0 Å². The molecule has 6 heteroatoms. The van der Waals surface area contributed by atoms with Crippen molar-refractivity contribution < 1.29 is 13.2 Å². The van der Waals surface area contributed by atoms with Crippen LogP contribution in [0.25, 0.3) is 0 Å². The lowest BCUT2D eigenvalue weighted by Crippen LogP contribution is -2.42. The predicted octanol–water partition coefficient (Wildman–Crippen LogP) is 4.48. The summed E-state index contributed by atoms with van der Waals surface area (Å²) in [6.07, 6.45) is 1.87. The molecule has 0 radical (unpaired) electrons. The lowest BCUT2D eigenvalue weighted by Gasteiger charge is -2.34. The highest BCUT2D eigenvalue weighted by atomic mass is 32.2. The Hall–Kier alpha value is -2.18. The molecule has 0 aliphatic carbocycles. The van der Waals surface area contributed by atoms with Gasteiger partial charge in [-0.1, -0.05) is 39.0 Å². The number of nitrogens with one attached hydrogen (secondary N) is 1. The Kier molecular flexibility index (Phi) is 6.44. The van der Waals surface area contributed by atoms with Gasteiger partial charge in [-0.05, 0) is 67.0 Å². The van der Waals surface area contributed by atoms with E-state index in [9.17, 15) is 13.2 Å². The number of rotatable bonds is 5. The molecule has 1 saturated heterocycles. The number of hydrogen-bond donors (Lipinski definition) is 1. The maximum Gasteiger partial charge on any atom is 0.255 e. The van der Waals surface area contributed by atoms with Crippen molar-refractivity contribution in [1.82, 2.24) is 4.31 Å². The number of amides is 1. The minimum atomic E-state index is -3.54. The number of nitrogens with zero attached hydrogens (tertiary/aromatic N) is 1. The minimum absolute atomic E-state index is 0.237. The van der Waals surface area contributed by atoms with Gasteiger partial charge in [0.25, 0.3) is 5.91 Å². The number of anilines is 1. The van der Waals surface area contributed by atoms with Crippen LogP contribution in [0, 0.1) is 18.8 Å². The third-order valence-electron chi connectivity index (χ3n) is 5.57. The van der Waals surface area contributed by atoms with E-state index in [0.29, 0.717) is 30.5 Å². The summed E-state index contributed by atoms with van der Waals surface area (Å²) in [5.74, 6) is 0.457. The standard InChI is InChI=1S/C23H30N2O3S/c1-5-19-8-6-7-18(4)22(19)24-23(26)20-9-11-21(12-10-20)29(27,28)25-14-16(2)13-17(3)15-25/h6-12,16-17H,5,13-15H2,1-4H3,(H,24,26)/t16-,17-/m0/s1. The van der Waals surface area contributed by atoms with Gasteiger partial charge in [0, 0.05) is 24.3 Å². The first-order valence-corrected chi connectivity index (χ1v) is 11.7. The Bertz CT molecular complexity index is 974. The number of aryl methyl sites for hydroxylation is 2. The average Bonchev–Trinajstić information content (AvgIpc) is 2.68. The lowest BCUT2D eigenvalue weighted by atomic mass is 9.94. The number of para-hydroxylation sites is 1. The van der Waals surface area contributed by atoms with Crippen molar-refractivity contribution in [3.8, 4) is 0 Å². The SMILES string of the molecule is CCc1cccc(C)c1NC(=O)c1ccc(S(=O)(=O)N2C[C@@H](C)C[C@H](C)C2)cc1. The molecule has 156 valence electrons. The Labute approximate surface area is 174 Å². The van der Waals surface area contributed by atoms with E-state index in [1.54, 1.807) is 16.4 Å². The van der Waals surface area contributed by atoms with Gasteiger partial charge in [-0.3, -0.25) is 4.79 Å². The monoisotopic (exact) mass is 414 g/mol. The van der Waals surface area contributed by atoms with Crippen LogP contribution >= 0.6 is 0 Å². The molecule has 0 spiro atoms. The van der Waals surface area contributed by atoms with E-state index in [4.69, 9.17) is 0 Å². The van der Waals surface area contributed by atoms with Gasteiger partial charge < -0.3 is 5.32 Å². The summed E-state index contributed by atoms with van der Waals surface area (Å²) in [7, 11) is -3.54. The maximum atomic E-state index is 13.0. The normalized spacial score (nSPS) is 20.4. The van der Waals surface area contributed by atoms with Gasteiger partial charge in [0.05, 0.1) is 4.90 Å². The molecule has 2 aromatic carbocycles. The van der Waals surface area contributed by atoms with E-state index in [-0.39, 0.29) is 10.8 Å². The number of hydrogen-bond acceptors (Lipinski definition) is 3. The summed E-state index contributed by atoms with van der Waals surface area (Å²) < 4.78 is 27.6. The van der Waals surface area contributed by atoms with Crippen molar-refractivity contribution in [3.63, 3.8) is 0 Å². The second-order valence-corrected chi connectivity index (χ2v) is 10.1. The van der Waals surface area contributed by atoms with Crippen molar-refractivity contribution in [3.05, 3.63) is 59.2 Å². The average molecular weight is 415 g/mol. The summed E-state index contributed by atoms with van der Waals surface area (Å²) >= 11 is 0. The van der Waals surface area contributed by atoms with Crippen LogP contribution in [0.3, 0.4) is 0 Å². The summed E-state index contributed by atoms with van der Waals surface area (Å²) in [6, 6.07) is 12.2. The Morgan fingerprint density at radius 3 is 2.28 bits per heavy atom. The number of carbonyl (C=O) groups excluding carboxylic acids is 1. The van der Waals surface area contributed by atoms with Crippen molar-refractivity contribution in [2.75, 3.05) is 18.4 Å². The van der Waals surface area contributed by atoms with Crippen LogP contribution in [0.15, 0.2) is 47.4 Å². The van der Waals surface area contributed by atoms with Crippen LogP contribution in [-0.4, -0.2) is 31.7 Å². The predicted molar refractivity (Wildman–Crippen MR) is 117 cm³/mol. The third-order valence-corrected chi connectivity index (χ3v) is 7.41. The van der Waals surface area contributed by atoms with E-state index in [0.717, 1.165) is 29.7 Å². The smallest absolute Gasteiger partial charge is 0.255 e. The quantitative estimate of drug-likeness (QED) is 0.785. The molecule has 1 aliphatic heterocycles. The zero-order valence-corrected chi connectivity index (χ0v) is 18.4. The maximum absolute atomic E-state index is 13.0. The van der Waals surface area contributed by atoms with E-state index in [1.165, 1.54) is 12.1 Å². The number of benzene rings is 2. The van der Waals surface area contributed by atoms with Gasteiger partial charge in [-0.25, -0.2) is 8.42 Å². The van der Waals surface area contributed by atoms with Gasteiger partial charge in [-0.15, -0.1) is 0 Å². The molecule has 1 heterocycles. The third kappa shape index (κ3) is 4.70. The van der Waals surface area contributed by atoms with Crippen LogP contribution in [0.5, 0.6) is 0 Å². The molecule has 29 heavy (non-hydrogen) atoms. The molecule has 2 aromatic rings. The number of carbonyl (C=O) groups is 1. The summed E-state index contributed by atoms with van der Waals surface area (Å²) in [4.78, 5) is 12.9. The molecule has 0 saturated carbocycles. The van der Waals surface area contributed by atoms with Crippen LogP contribution in [0.4, 0.5) is 5.69 Å². The van der Waals surface area contributed by atoms with Gasteiger partial charge >= 0.3 is 0 Å². The molecule has 1 amide bonds.